The third-order valence-electron chi connectivity index (χ3n) is 1.81. The van der Waals surface area contributed by atoms with Crippen molar-refractivity contribution in [1.82, 2.24) is 0 Å². The Bertz CT molecular complexity index is 187. The van der Waals surface area contributed by atoms with E-state index >= 15 is 0 Å². The fourth-order valence-electron chi connectivity index (χ4n) is 1.07. The van der Waals surface area contributed by atoms with E-state index in [9.17, 15) is 0 Å². The van der Waals surface area contributed by atoms with Gasteiger partial charge < -0.3 is 5.11 Å². The summed E-state index contributed by atoms with van der Waals surface area (Å²) < 4.78 is 0. The first kappa shape index (κ1) is 11.2. The average molecular weight is 166 g/mol. The van der Waals surface area contributed by atoms with E-state index < -0.39 is 0 Å². The van der Waals surface area contributed by atoms with Crippen LogP contribution in [0.4, 0.5) is 0 Å². The summed E-state index contributed by atoms with van der Waals surface area (Å²) in [5.41, 5.74) is 2.89. The topological polar surface area (TPSA) is 20.2 Å². The van der Waals surface area contributed by atoms with Gasteiger partial charge in [-0.25, -0.2) is 0 Å². The summed E-state index contributed by atoms with van der Waals surface area (Å²) in [4.78, 5) is 0. The van der Waals surface area contributed by atoms with Crippen LogP contribution in [0.1, 0.15) is 25.0 Å². The highest BCUT2D eigenvalue weighted by Gasteiger charge is 1.89. The van der Waals surface area contributed by atoms with Gasteiger partial charge in [0.25, 0.3) is 0 Å². The minimum absolute atomic E-state index is 1.00. The number of rotatable bonds is 2. The van der Waals surface area contributed by atoms with Gasteiger partial charge in [0, 0.05) is 7.11 Å². The van der Waals surface area contributed by atoms with Crippen LogP contribution in [0.25, 0.3) is 0 Å². The predicted molar refractivity (Wildman–Crippen MR) is 53.3 cm³/mol. The van der Waals surface area contributed by atoms with Gasteiger partial charge in [-0.05, 0) is 24.0 Å². The van der Waals surface area contributed by atoms with Crippen LogP contribution in [0.2, 0.25) is 0 Å². The van der Waals surface area contributed by atoms with Gasteiger partial charge in [-0.15, -0.1) is 0 Å². The van der Waals surface area contributed by atoms with Crippen LogP contribution in [0.3, 0.4) is 0 Å². The van der Waals surface area contributed by atoms with Crippen LogP contribution in [0.15, 0.2) is 24.3 Å². The van der Waals surface area contributed by atoms with E-state index in [0.29, 0.717) is 0 Å². The minimum atomic E-state index is 1.00. The molecule has 1 nitrogen and oxygen atoms in total. The number of benzene rings is 1. The fraction of sp³-hybridized carbons (Fsp3) is 0.455. The molecule has 0 saturated heterocycles. The Morgan fingerprint density at radius 2 is 1.42 bits per heavy atom. The highest BCUT2D eigenvalue weighted by atomic mass is 16.2. The van der Waals surface area contributed by atoms with Gasteiger partial charge in [0.2, 0.25) is 0 Å². The molecule has 0 unspecified atom stereocenters. The van der Waals surface area contributed by atoms with Crippen LogP contribution >= 0.6 is 0 Å². The maximum absolute atomic E-state index is 7.00. The molecule has 0 aliphatic carbocycles. The van der Waals surface area contributed by atoms with E-state index in [1.165, 1.54) is 11.1 Å². The lowest BCUT2D eigenvalue weighted by Gasteiger charge is -1.98. The lowest BCUT2D eigenvalue weighted by molar-refractivity contribution is 0.399. The van der Waals surface area contributed by atoms with Gasteiger partial charge in [-0.2, -0.15) is 0 Å². The van der Waals surface area contributed by atoms with E-state index in [1.54, 1.807) is 0 Å². The van der Waals surface area contributed by atoms with E-state index in [4.69, 9.17) is 5.11 Å². The maximum atomic E-state index is 7.00. The molecule has 0 spiro atoms. The fourth-order valence-corrected chi connectivity index (χ4v) is 1.07. The Labute approximate surface area is 75.1 Å². The molecule has 0 heterocycles. The molecule has 0 amide bonds. The van der Waals surface area contributed by atoms with Crippen molar-refractivity contribution in [2.45, 2.75) is 26.7 Å². The quantitative estimate of drug-likeness (QED) is 0.715. The lowest BCUT2D eigenvalue weighted by Crippen LogP contribution is -1.83. The summed E-state index contributed by atoms with van der Waals surface area (Å²) in [7, 11) is 1.00. The molecular formula is C11H18O. The van der Waals surface area contributed by atoms with Crippen molar-refractivity contribution in [2.24, 2.45) is 0 Å². The predicted octanol–water partition coefficient (Wildman–Crippen LogP) is 2.42. The third-order valence-corrected chi connectivity index (χ3v) is 1.81. The van der Waals surface area contributed by atoms with Crippen LogP contribution in [-0.2, 0) is 12.8 Å². The summed E-state index contributed by atoms with van der Waals surface area (Å²) in [6.45, 7) is 4.38. The summed E-state index contributed by atoms with van der Waals surface area (Å²) in [5.74, 6) is 0. The van der Waals surface area contributed by atoms with E-state index in [-0.39, 0.29) is 0 Å². The molecular weight excluding hydrogens is 148 g/mol. The van der Waals surface area contributed by atoms with Crippen molar-refractivity contribution in [3.63, 3.8) is 0 Å². The van der Waals surface area contributed by atoms with Crippen molar-refractivity contribution in [3.05, 3.63) is 35.4 Å². The van der Waals surface area contributed by atoms with Crippen molar-refractivity contribution in [1.29, 1.82) is 0 Å². The highest BCUT2D eigenvalue weighted by molar-refractivity contribution is 5.23. The van der Waals surface area contributed by atoms with Gasteiger partial charge in [-0.1, -0.05) is 38.1 Å². The van der Waals surface area contributed by atoms with E-state index in [0.717, 1.165) is 20.0 Å². The second-order valence-corrected chi connectivity index (χ2v) is 2.53. The molecule has 1 rings (SSSR count). The molecule has 0 saturated carbocycles. The van der Waals surface area contributed by atoms with E-state index in [1.807, 2.05) is 0 Å². The lowest BCUT2D eigenvalue weighted by atomic mass is 10.1. The molecule has 0 radical (unpaired) electrons. The zero-order valence-electron chi connectivity index (χ0n) is 8.17. The van der Waals surface area contributed by atoms with Gasteiger partial charge in [0.05, 0.1) is 0 Å². The van der Waals surface area contributed by atoms with Crippen LogP contribution in [-0.4, -0.2) is 12.2 Å². The molecule has 0 aliphatic heterocycles. The Morgan fingerprint density at radius 3 is 1.75 bits per heavy atom. The van der Waals surface area contributed by atoms with Crippen molar-refractivity contribution >= 4 is 0 Å². The van der Waals surface area contributed by atoms with Crippen molar-refractivity contribution in [3.8, 4) is 0 Å². The van der Waals surface area contributed by atoms with Crippen molar-refractivity contribution in [2.75, 3.05) is 7.11 Å². The monoisotopic (exact) mass is 166 g/mol. The molecule has 12 heavy (non-hydrogen) atoms. The summed E-state index contributed by atoms with van der Waals surface area (Å²) >= 11 is 0. The largest absolute Gasteiger partial charge is 0.400 e. The third kappa shape index (κ3) is 3.54. The minimum Gasteiger partial charge on any atom is -0.400 e. The first-order valence-electron chi connectivity index (χ1n) is 4.39. The zero-order valence-corrected chi connectivity index (χ0v) is 8.17. The standard InChI is InChI=1S/C10H14.CH4O/c1-3-9-6-5-7-10(4-2)8-9;1-2/h5-8H,3-4H2,1-2H3;2H,1H3. The van der Waals surface area contributed by atoms with Crippen LogP contribution < -0.4 is 0 Å². The summed E-state index contributed by atoms with van der Waals surface area (Å²) in [5, 5.41) is 7.00. The smallest absolute Gasteiger partial charge is 0.0319 e. The summed E-state index contributed by atoms with van der Waals surface area (Å²) in [6, 6.07) is 8.77. The molecule has 1 N–H and O–H groups in total. The number of aryl methyl sites for hydroxylation is 2. The van der Waals surface area contributed by atoms with Gasteiger partial charge >= 0.3 is 0 Å². The van der Waals surface area contributed by atoms with E-state index in [2.05, 4.69) is 38.1 Å². The molecule has 0 aromatic heterocycles. The Morgan fingerprint density at radius 1 is 1.00 bits per heavy atom. The van der Waals surface area contributed by atoms with Gasteiger partial charge in [-0.3, -0.25) is 0 Å². The second kappa shape index (κ2) is 6.86. The van der Waals surface area contributed by atoms with Crippen molar-refractivity contribution < 1.29 is 5.11 Å². The van der Waals surface area contributed by atoms with Gasteiger partial charge in [0.15, 0.2) is 0 Å². The number of aliphatic hydroxyl groups excluding tert-OH is 1. The molecule has 1 heteroatoms. The SMILES string of the molecule is CCc1cccc(CC)c1.CO. The normalized spacial score (nSPS) is 8.67. The Balaban J connectivity index is 0.000000561. The molecule has 68 valence electrons. The molecule has 1 aromatic rings. The van der Waals surface area contributed by atoms with Crippen LogP contribution in [0, 0.1) is 0 Å². The molecule has 0 aliphatic rings. The molecule has 0 atom stereocenters. The average Bonchev–Trinajstić information content (AvgIpc) is 2.21. The molecule has 0 fully saturated rings. The number of hydrogen-bond donors (Lipinski definition) is 1. The maximum Gasteiger partial charge on any atom is 0.0319 e. The highest BCUT2D eigenvalue weighted by Crippen LogP contribution is 2.05. The number of hydrogen-bond acceptors (Lipinski definition) is 1. The Kier molecular flexibility index (Phi) is 6.39. The summed E-state index contributed by atoms with van der Waals surface area (Å²) in [6.07, 6.45) is 2.29. The van der Waals surface area contributed by atoms with Gasteiger partial charge in [0.1, 0.15) is 0 Å². The first-order valence-corrected chi connectivity index (χ1v) is 4.39. The molecule has 0 bridgehead atoms. The second-order valence-electron chi connectivity index (χ2n) is 2.53. The molecule has 1 aromatic carbocycles. The number of aliphatic hydroxyl groups is 1. The Hall–Kier alpha value is -0.820. The first-order chi connectivity index (χ1) is 5.86. The zero-order chi connectivity index (χ0) is 9.40. The van der Waals surface area contributed by atoms with Crippen LogP contribution in [0.5, 0.6) is 0 Å².